The number of ether oxygens (including phenoxy) is 3. The fourth-order valence-corrected chi connectivity index (χ4v) is 1.91. The minimum atomic E-state index is -0.504. The highest BCUT2D eigenvalue weighted by Crippen LogP contribution is 2.16. The highest BCUT2D eigenvalue weighted by molar-refractivity contribution is 6.00. The fraction of sp³-hybridized carbons (Fsp3) is 0.429. The zero-order valence-electron chi connectivity index (χ0n) is 12.0. The summed E-state index contributed by atoms with van der Waals surface area (Å²) in [6, 6.07) is 6.30. The standard InChI is InChI=1S/C14H18N2O5/c1-16(9-12-20-7-8-21-12)14(18)15-11-6-4-3-5-10(11)13(17)19-2/h3-6,12H,7-9H2,1-2H3,(H,15,18). The fourth-order valence-electron chi connectivity index (χ4n) is 1.91. The first kappa shape index (κ1) is 15.3. The van der Waals surface area contributed by atoms with Crippen molar-refractivity contribution in [2.24, 2.45) is 0 Å². The summed E-state index contributed by atoms with van der Waals surface area (Å²) >= 11 is 0. The number of methoxy groups -OCH3 is 1. The van der Waals surface area contributed by atoms with Crippen molar-refractivity contribution in [2.75, 3.05) is 39.2 Å². The van der Waals surface area contributed by atoms with E-state index in [1.54, 1.807) is 31.3 Å². The average molecular weight is 294 g/mol. The molecule has 7 nitrogen and oxygen atoms in total. The van der Waals surface area contributed by atoms with Gasteiger partial charge < -0.3 is 24.4 Å². The molecule has 7 heteroatoms. The van der Waals surface area contributed by atoms with E-state index in [0.717, 1.165) is 0 Å². The first-order chi connectivity index (χ1) is 10.1. The molecule has 1 aromatic rings. The molecule has 114 valence electrons. The molecule has 1 saturated heterocycles. The van der Waals surface area contributed by atoms with E-state index in [1.165, 1.54) is 12.0 Å². The van der Waals surface area contributed by atoms with Gasteiger partial charge in [-0.15, -0.1) is 0 Å². The maximum atomic E-state index is 12.1. The summed E-state index contributed by atoms with van der Waals surface area (Å²) < 4.78 is 15.3. The lowest BCUT2D eigenvalue weighted by atomic mass is 10.2. The van der Waals surface area contributed by atoms with E-state index in [4.69, 9.17) is 9.47 Å². The van der Waals surface area contributed by atoms with Crippen LogP contribution < -0.4 is 5.32 Å². The van der Waals surface area contributed by atoms with E-state index in [9.17, 15) is 9.59 Å². The number of carbonyl (C=O) groups is 2. The zero-order valence-corrected chi connectivity index (χ0v) is 12.0. The predicted molar refractivity (Wildman–Crippen MR) is 75.1 cm³/mol. The summed E-state index contributed by atoms with van der Waals surface area (Å²) in [7, 11) is 2.92. The van der Waals surface area contributed by atoms with E-state index >= 15 is 0 Å². The Bertz CT molecular complexity index is 514. The number of nitrogens with one attached hydrogen (secondary N) is 1. The number of hydrogen-bond acceptors (Lipinski definition) is 5. The molecule has 21 heavy (non-hydrogen) atoms. The molecule has 1 aliphatic heterocycles. The molecule has 0 radical (unpaired) electrons. The molecule has 0 aliphatic carbocycles. The first-order valence-corrected chi connectivity index (χ1v) is 6.54. The van der Waals surface area contributed by atoms with E-state index < -0.39 is 12.3 Å². The Morgan fingerprint density at radius 3 is 2.67 bits per heavy atom. The van der Waals surface area contributed by atoms with Crippen molar-refractivity contribution in [1.29, 1.82) is 0 Å². The third-order valence-electron chi connectivity index (χ3n) is 3.03. The third-order valence-corrected chi connectivity index (χ3v) is 3.03. The lowest BCUT2D eigenvalue weighted by molar-refractivity contribution is -0.0518. The Balaban J connectivity index is 2.00. The van der Waals surface area contributed by atoms with Gasteiger partial charge in [0.1, 0.15) is 0 Å². The number of anilines is 1. The van der Waals surface area contributed by atoms with E-state index in [0.29, 0.717) is 31.0 Å². The molecular formula is C14H18N2O5. The van der Waals surface area contributed by atoms with Gasteiger partial charge in [-0.3, -0.25) is 0 Å². The van der Waals surface area contributed by atoms with E-state index in [2.05, 4.69) is 10.1 Å². The number of likely N-dealkylation sites (N-methyl/N-ethyl adjacent to an activating group) is 1. The van der Waals surface area contributed by atoms with Gasteiger partial charge in [-0.2, -0.15) is 0 Å². The van der Waals surface area contributed by atoms with Crippen LogP contribution in [0.25, 0.3) is 0 Å². The maximum Gasteiger partial charge on any atom is 0.339 e. The Morgan fingerprint density at radius 2 is 2.00 bits per heavy atom. The van der Waals surface area contributed by atoms with Crippen LogP contribution in [-0.4, -0.2) is 57.1 Å². The zero-order chi connectivity index (χ0) is 15.2. The minimum Gasteiger partial charge on any atom is -0.465 e. The van der Waals surface area contributed by atoms with Gasteiger partial charge in [0.25, 0.3) is 0 Å². The number of rotatable bonds is 4. The largest absolute Gasteiger partial charge is 0.465 e. The molecular weight excluding hydrogens is 276 g/mol. The molecule has 1 fully saturated rings. The summed E-state index contributed by atoms with van der Waals surface area (Å²) in [6.45, 7) is 1.38. The molecule has 1 aromatic carbocycles. The molecule has 0 spiro atoms. The van der Waals surface area contributed by atoms with Gasteiger partial charge in [0.05, 0.1) is 38.1 Å². The number of esters is 1. The number of benzene rings is 1. The molecule has 1 aliphatic rings. The molecule has 1 heterocycles. The van der Waals surface area contributed by atoms with Crippen molar-refractivity contribution in [1.82, 2.24) is 4.90 Å². The molecule has 2 amide bonds. The van der Waals surface area contributed by atoms with Crippen LogP contribution in [0.2, 0.25) is 0 Å². The van der Waals surface area contributed by atoms with Gasteiger partial charge in [-0.1, -0.05) is 12.1 Å². The summed E-state index contributed by atoms with van der Waals surface area (Å²) in [5.74, 6) is -0.504. The van der Waals surface area contributed by atoms with Gasteiger partial charge in [-0.05, 0) is 12.1 Å². The monoisotopic (exact) mass is 294 g/mol. The van der Waals surface area contributed by atoms with Crippen LogP contribution in [0.3, 0.4) is 0 Å². The van der Waals surface area contributed by atoms with Crippen LogP contribution >= 0.6 is 0 Å². The van der Waals surface area contributed by atoms with Gasteiger partial charge in [0.15, 0.2) is 6.29 Å². The van der Waals surface area contributed by atoms with Gasteiger partial charge in [0, 0.05) is 7.05 Å². The van der Waals surface area contributed by atoms with Gasteiger partial charge in [-0.25, -0.2) is 9.59 Å². The van der Waals surface area contributed by atoms with Crippen molar-refractivity contribution in [3.8, 4) is 0 Å². The molecule has 2 rings (SSSR count). The van der Waals surface area contributed by atoms with Crippen molar-refractivity contribution >= 4 is 17.7 Å². The highest BCUT2D eigenvalue weighted by Gasteiger charge is 2.21. The number of para-hydroxylation sites is 1. The van der Waals surface area contributed by atoms with E-state index in [-0.39, 0.29) is 6.03 Å². The Labute approximate surface area is 122 Å². The molecule has 0 atom stereocenters. The highest BCUT2D eigenvalue weighted by atomic mass is 16.7. The second kappa shape index (κ2) is 7.05. The molecule has 1 N–H and O–H groups in total. The quantitative estimate of drug-likeness (QED) is 0.847. The number of hydrogen-bond donors (Lipinski definition) is 1. The van der Waals surface area contributed by atoms with Crippen molar-refractivity contribution < 1.29 is 23.8 Å². The Kier molecular flexibility index (Phi) is 5.13. The van der Waals surface area contributed by atoms with Crippen LogP contribution in [0.4, 0.5) is 10.5 Å². The number of carbonyl (C=O) groups excluding carboxylic acids is 2. The van der Waals surface area contributed by atoms with Crippen LogP contribution in [0, 0.1) is 0 Å². The molecule has 0 bridgehead atoms. The number of nitrogens with zero attached hydrogens (tertiary/aromatic N) is 1. The van der Waals surface area contributed by atoms with Gasteiger partial charge in [0.2, 0.25) is 0 Å². The predicted octanol–water partition coefficient (Wildman–Crippen LogP) is 1.31. The molecule has 0 saturated carbocycles. The Morgan fingerprint density at radius 1 is 1.33 bits per heavy atom. The van der Waals surface area contributed by atoms with Crippen molar-refractivity contribution in [3.05, 3.63) is 29.8 Å². The summed E-state index contributed by atoms with van der Waals surface area (Å²) in [5.41, 5.74) is 0.699. The molecule has 0 unspecified atom stereocenters. The molecule has 0 aromatic heterocycles. The topological polar surface area (TPSA) is 77.1 Å². The SMILES string of the molecule is COC(=O)c1ccccc1NC(=O)N(C)CC1OCCO1. The Hall–Kier alpha value is -2.12. The van der Waals surface area contributed by atoms with Crippen molar-refractivity contribution in [3.63, 3.8) is 0 Å². The number of amides is 2. The normalized spacial score (nSPS) is 14.8. The third kappa shape index (κ3) is 3.93. The van der Waals surface area contributed by atoms with Crippen LogP contribution in [0.1, 0.15) is 10.4 Å². The average Bonchev–Trinajstić information content (AvgIpc) is 2.99. The van der Waals surface area contributed by atoms with Gasteiger partial charge >= 0.3 is 12.0 Å². The van der Waals surface area contributed by atoms with E-state index in [1.807, 2.05) is 0 Å². The lowest BCUT2D eigenvalue weighted by Crippen LogP contribution is -2.37. The van der Waals surface area contributed by atoms with Crippen LogP contribution in [0.5, 0.6) is 0 Å². The number of urea groups is 1. The summed E-state index contributed by atoms with van der Waals surface area (Å²) in [5, 5.41) is 2.67. The first-order valence-electron chi connectivity index (χ1n) is 6.54. The van der Waals surface area contributed by atoms with Crippen LogP contribution in [-0.2, 0) is 14.2 Å². The lowest BCUT2D eigenvalue weighted by Gasteiger charge is -2.21. The second-order valence-electron chi connectivity index (χ2n) is 4.52. The maximum absolute atomic E-state index is 12.1. The summed E-state index contributed by atoms with van der Waals surface area (Å²) in [6.07, 6.45) is -0.406. The smallest absolute Gasteiger partial charge is 0.339 e. The van der Waals surface area contributed by atoms with Crippen LogP contribution in [0.15, 0.2) is 24.3 Å². The minimum absolute atomic E-state index is 0.301. The second-order valence-corrected chi connectivity index (χ2v) is 4.52. The summed E-state index contributed by atoms with van der Waals surface area (Å²) in [4.78, 5) is 25.2. The van der Waals surface area contributed by atoms with Crippen molar-refractivity contribution in [2.45, 2.75) is 6.29 Å².